The van der Waals surface area contributed by atoms with Gasteiger partial charge in [-0.25, -0.2) is 0 Å². The molecule has 1 radical (unpaired) electrons. The fourth-order valence-electron chi connectivity index (χ4n) is 0. The van der Waals surface area contributed by atoms with E-state index in [4.69, 9.17) is 0 Å². The zero-order chi connectivity index (χ0) is 0. The number of halogens is 6. The van der Waals surface area contributed by atoms with Crippen LogP contribution >= 0.6 is 0 Å². The maximum Gasteiger partial charge on any atom is 0 e. The normalized spacial score (nSPS) is 0. The largest absolute Gasteiger partial charge is 0.269 e. The summed E-state index contributed by atoms with van der Waals surface area (Å²) in [6.07, 6.45) is 0. The molecule has 0 aromatic carbocycles. The molecule has 0 aliphatic heterocycles. The zero-order valence-electron chi connectivity index (χ0n) is 3.24. The molecule has 0 rings (SSSR count). The van der Waals surface area contributed by atoms with Crippen LogP contribution in [0.3, 0.4) is 0 Å². The molecule has 0 aliphatic rings. The van der Waals surface area contributed by atoms with Gasteiger partial charge >= 0.3 is 0 Å². The molecule has 61 valence electrons. The summed E-state index contributed by atoms with van der Waals surface area (Å²) in [7, 11) is 0. The van der Waals surface area contributed by atoms with Gasteiger partial charge in [0.25, 0.3) is 0 Å². The first kappa shape index (κ1) is 649. The Morgan fingerprint density at radius 1 is 0.375 bits per heavy atom. The molecule has 0 heterocycles. The van der Waals surface area contributed by atoms with Crippen LogP contribution in [0.5, 0.6) is 0 Å². The van der Waals surface area contributed by atoms with E-state index >= 15 is 0 Å². The summed E-state index contributed by atoms with van der Waals surface area (Å²) in [5, 5.41) is 0. The minimum atomic E-state index is 0. The van der Waals surface area contributed by atoms with Gasteiger partial charge in [0, 0.05) is 41.5 Å². The summed E-state index contributed by atoms with van der Waals surface area (Å²) < 4.78 is 0. The van der Waals surface area contributed by atoms with Gasteiger partial charge in [-0.3, -0.25) is 28.2 Å². The summed E-state index contributed by atoms with van der Waals surface area (Å²) in [6, 6.07) is 0. The monoisotopic (exact) mass is 491 g/mol. The SMILES string of the molecule is F.F.F.F.F.F.[Re].[W]. The van der Waals surface area contributed by atoms with E-state index < -0.39 is 0 Å². The van der Waals surface area contributed by atoms with E-state index in [2.05, 4.69) is 0 Å². The molecule has 0 bridgehead atoms. The second-order valence-corrected chi connectivity index (χ2v) is 0. The van der Waals surface area contributed by atoms with Crippen LogP contribution in [0.25, 0.3) is 0 Å². The predicted molar refractivity (Wildman–Crippen MR) is 15.0 cm³/mol. The number of rotatable bonds is 0. The van der Waals surface area contributed by atoms with E-state index in [-0.39, 0.29) is 69.7 Å². The summed E-state index contributed by atoms with van der Waals surface area (Å²) in [5.74, 6) is 0. The van der Waals surface area contributed by atoms with Crippen LogP contribution in [0, 0.1) is 0 Å². The van der Waals surface area contributed by atoms with Gasteiger partial charge in [-0.05, 0) is 0 Å². The third-order valence-corrected chi connectivity index (χ3v) is 0. The van der Waals surface area contributed by atoms with Crippen LogP contribution in [-0.2, 0) is 41.5 Å². The molecule has 0 fully saturated rings. The van der Waals surface area contributed by atoms with E-state index in [0.29, 0.717) is 0 Å². The van der Waals surface area contributed by atoms with E-state index in [0.717, 1.165) is 0 Å². The smallest absolute Gasteiger partial charge is 0 e. The van der Waals surface area contributed by atoms with Gasteiger partial charge in [0.1, 0.15) is 0 Å². The molecular weight excluding hydrogens is 484 g/mol. The van der Waals surface area contributed by atoms with Gasteiger partial charge in [0.15, 0.2) is 0 Å². The van der Waals surface area contributed by atoms with Crippen molar-refractivity contribution in [2.24, 2.45) is 0 Å². The van der Waals surface area contributed by atoms with Crippen molar-refractivity contribution in [3.8, 4) is 0 Å². The Labute approximate surface area is 69.9 Å². The topological polar surface area (TPSA) is 0 Å². The zero-order valence-corrected chi connectivity index (χ0v) is 8.88. The third kappa shape index (κ3) is 281. The van der Waals surface area contributed by atoms with E-state index in [9.17, 15) is 0 Å². The summed E-state index contributed by atoms with van der Waals surface area (Å²) in [4.78, 5) is 0. The second kappa shape index (κ2) is 440. The maximum atomic E-state index is 0. The van der Waals surface area contributed by atoms with Crippen LogP contribution in [0.2, 0.25) is 0 Å². The van der Waals surface area contributed by atoms with Gasteiger partial charge in [-0.15, -0.1) is 0 Å². The van der Waals surface area contributed by atoms with Gasteiger partial charge in [0.2, 0.25) is 0 Å². The number of hydrogen-bond donors (Lipinski definition) is 0. The van der Waals surface area contributed by atoms with Crippen molar-refractivity contribution in [1.82, 2.24) is 0 Å². The molecule has 0 nitrogen and oxygen atoms in total. The first-order valence-corrected chi connectivity index (χ1v) is 0. The first-order chi connectivity index (χ1) is 0. The minimum Gasteiger partial charge on any atom is -0.269 e. The average molecular weight is 490 g/mol. The molecule has 0 N–H and O–H groups in total. The van der Waals surface area contributed by atoms with Crippen molar-refractivity contribution in [2.75, 3.05) is 0 Å². The fourth-order valence-corrected chi connectivity index (χ4v) is 0. The van der Waals surface area contributed by atoms with Crippen molar-refractivity contribution >= 4 is 0 Å². The van der Waals surface area contributed by atoms with E-state index in [1.54, 1.807) is 0 Å². The van der Waals surface area contributed by atoms with Crippen molar-refractivity contribution < 1.29 is 69.7 Å². The molecule has 0 spiro atoms. The van der Waals surface area contributed by atoms with E-state index in [1.165, 1.54) is 0 Å². The van der Waals surface area contributed by atoms with Gasteiger partial charge in [-0.2, -0.15) is 0 Å². The van der Waals surface area contributed by atoms with Crippen molar-refractivity contribution in [3.63, 3.8) is 0 Å². The summed E-state index contributed by atoms with van der Waals surface area (Å²) >= 11 is 0. The van der Waals surface area contributed by atoms with Crippen LogP contribution in [-0.4, -0.2) is 0 Å². The van der Waals surface area contributed by atoms with Crippen LogP contribution < -0.4 is 0 Å². The predicted octanol–water partition coefficient (Wildman–Crippen LogP) is 0.910. The van der Waals surface area contributed by atoms with Crippen LogP contribution in [0.4, 0.5) is 28.2 Å². The minimum absolute atomic E-state index is 0. The Morgan fingerprint density at radius 3 is 0.375 bits per heavy atom. The standard InChI is InChI=1S/6FH.Re.W/h6*1H;;. The molecule has 0 saturated heterocycles. The molecule has 8 heteroatoms. The van der Waals surface area contributed by atoms with Crippen LogP contribution in [0.1, 0.15) is 0 Å². The fraction of sp³-hybridized carbons (Fsp3) is 0. The van der Waals surface area contributed by atoms with Gasteiger partial charge in [-0.1, -0.05) is 0 Å². The van der Waals surface area contributed by atoms with Crippen molar-refractivity contribution in [2.45, 2.75) is 0 Å². The Bertz CT molecular complexity index is 8.49. The van der Waals surface area contributed by atoms with Gasteiger partial charge < -0.3 is 0 Å². The Hall–Kier alpha value is 0.931. The molecule has 0 amide bonds. The third-order valence-electron chi connectivity index (χ3n) is 0. The molecule has 0 saturated carbocycles. The second-order valence-electron chi connectivity index (χ2n) is 0. The molecule has 0 atom stereocenters. The average Bonchev–Trinajstić information content (AvgIpc) is 0. The Morgan fingerprint density at radius 2 is 0.375 bits per heavy atom. The first-order valence-electron chi connectivity index (χ1n) is 0. The maximum absolute atomic E-state index is 0. The molecule has 0 unspecified atom stereocenters. The summed E-state index contributed by atoms with van der Waals surface area (Å²) in [6.45, 7) is 0. The van der Waals surface area contributed by atoms with E-state index in [1.807, 2.05) is 0 Å². The molecule has 8 heavy (non-hydrogen) atoms. The molecule has 0 aromatic rings. The number of hydrogen-bond acceptors (Lipinski definition) is 0. The molecular formula is H6F6ReW. The quantitative estimate of drug-likeness (QED) is 0.444. The Balaban J connectivity index is 0. The van der Waals surface area contributed by atoms with Crippen molar-refractivity contribution in [3.05, 3.63) is 0 Å². The molecule has 0 aromatic heterocycles. The Kier molecular flexibility index (Phi) is 35700. The van der Waals surface area contributed by atoms with Gasteiger partial charge in [0.05, 0.1) is 0 Å². The molecule has 0 aliphatic carbocycles. The van der Waals surface area contributed by atoms with Crippen molar-refractivity contribution in [1.29, 1.82) is 0 Å². The van der Waals surface area contributed by atoms with Crippen LogP contribution in [0.15, 0.2) is 0 Å². The summed E-state index contributed by atoms with van der Waals surface area (Å²) in [5.41, 5.74) is 0.